The van der Waals surface area contributed by atoms with Gasteiger partial charge in [-0.3, -0.25) is 0 Å². The molecular formula is C9H21N. The summed E-state index contributed by atoms with van der Waals surface area (Å²) in [6.07, 6.45) is 2.78. The second kappa shape index (κ2) is 5.72. The van der Waals surface area contributed by atoms with Crippen LogP contribution in [0.5, 0.6) is 0 Å². The lowest BCUT2D eigenvalue weighted by atomic mass is 9.94. The van der Waals surface area contributed by atoms with Gasteiger partial charge in [-0.25, -0.2) is 0 Å². The van der Waals surface area contributed by atoms with Crippen LogP contribution in [0.4, 0.5) is 0 Å². The summed E-state index contributed by atoms with van der Waals surface area (Å²) in [7, 11) is 0. The summed E-state index contributed by atoms with van der Waals surface area (Å²) in [6, 6.07) is 0.753. The summed E-state index contributed by atoms with van der Waals surface area (Å²) in [4.78, 5) is 0. The van der Waals surface area contributed by atoms with E-state index in [1.165, 1.54) is 19.4 Å². The molecule has 1 heteroatoms. The highest BCUT2D eigenvalue weighted by molar-refractivity contribution is 4.73. The zero-order valence-electron chi connectivity index (χ0n) is 7.78. The first kappa shape index (κ1) is 9.96. The maximum Gasteiger partial charge on any atom is 0.00643 e. The van der Waals surface area contributed by atoms with Gasteiger partial charge in [0.15, 0.2) is 0 Å². The highest BCUT2D eigenvalue weighted by Gasteiger charge is 2.14. The molecule has 0 aromatic carbocycles. The molecular weight excluding hydrogens is 122 g/mol. The number of piperidine rings is 1. The topological polar surface area (TPSA) is 12.0 Å². The highest BCUT2D eigenvalue weighted by atomic mass is 14.9. The molecule has 1 fully saturated rings. The standard InChI is InChI=1S/C7H15N.C2H6/c1-6-4-3-5-8-7(6)2;1-2/h6-8H,3-5H2,1-2H3;1-2H3/t6-,7-;/m1./s1. The molecule has 10 heavy (non-hydrogen) atoms. The molecule has 1 nitrogen and oxygen atoms in total. The molecule has 0 aliphatic carbocycles. The maximum atomic E-state index is 3.43. The molecule has 0 saturated carbocycles. The predicted molar refractivity (Wildman–Crippen MR) is 47.2 cm³/mol. The lowest BCUT2D eigenvalue weighted by Gasteiger charge is -2.26. The Morgan fingerprint density at radius 3 is 2.10 bits per heavy atom. The van der Waals surface area contributed by atoms with Crippen LogP contribution in [0.3, 0.4) is 0 Å². The molecule has 0 unspecified atom stereocenters. The first-order chi connectivity index (χ1) is 4.80. The molecule has 1 saturated heterocycles. The Bertz CT molecular complexity index is 61.1. The quantitative estimate of drug-likeness (QED) is 0.549. The summed E-state index contributed by atoms with van der Waals surface area (Å²) >= 11 is 0. The molecule has 0 aromatic rings. The Morgan fingerprint density at radius 2 is 1.80 bits per heavy atom. The van der Waals surface area contributed by atoms with Gasteiger partial charge < -0.3 is 5.32 Å². The van der Waals surface area contributed by atoms with Crippen LogP contribution in [-0.4, -0.2) is 12.6 Å². The number of rotatable bonds is 0. The third-order valence-electron chi connectivity index (χ3n) is 2.16. The van der Waals surface area contributed by atoms with E-state index in [2.05, 4.69) is 19.2 Å². The fourth-order valence-electron chi connectivity index (χ4n) is 1.20. The molecule has 1 rings (SSSR count). The van der Waals surface area contributed by atoms with Crippen LogP contribution in [0.15, 0.2) is 0 Å². The van der Waals surface area contributed by atoms with Gasteiger partial charge in [0.2, 0.25) is 0 Å². The van der Waals surface area contributed by atoms with Crippen molar-refractivity contribution in [3.63, 3.8) is 0 Å². The minimum absolute atomic E-state index is 0.753. The molecule has 0 aromatic heterocycles. The molecule has 62 valence electrons. The number of hydrogen-bond acceptors (Lipinski definition) is 1. The monoisotopic (exact) mass is 143 g/mol. The number of hydrogen-bond donors (Lipinski definition) is 1. The van der Waals surface area contributed by atoms with E-state index in [0.29, 0.717) is 0 Å². The van der Waals surface area contributed by atoms with Crippen molar-refractivity contribution in [3.8, 4) is 0 Å². The minimum Gasteiger partial charge on any atom is -0.314 e. The molecule has 1 N–H and O–H groups in total. The normalized spacial score (nSPS) is 32.4. The third-order valence-corrected chi connectivity index (χ3v) is 2.16. The molecule has 1 aliphatic heterocycles. The fourth-order valence-corrected chi connectivity index (χ4v) is 1.20. The number of nitrogens with one attached hydrogen (secondary N) is 1. The van der Waals surface area contributed by atoms with E-state index in [0.717, 1.165) is 12.0 Å². The molecule has 1 heterocycles. The highest BCUT2D eigenvalue weighted by Crippen LogP contribution is 2.13. The van der Waals surface area contributed by atoms with E-state index < -0.39 is 0 Å². The Kier molecular flexibility index (Phi) is 5.70. The summed E-state index contributed by atoms with van der Waals surface area (Å²) < 4.78 is 0. The van der Waals surface area contributed by atoms with Crippen LogP contribution in [-0.2, 0) is 0 Å². The van der Waals surface area contributed by atoms with Gasteiger partial charge in [-0.15, -0.1) is 0 Å². The van der Waals surface area contributed by atoms with E-state index in [-0.39, 0.29) is 0 Å². The summed E-state index contributed by atoms with van der Waals surface area (Å²) in [5.41, 5.74) is 0. The summed E-state index contributed by atoms with van der Waals surface area (Å²) in [5.74, 6) is 0.892. The third kappa shape index (κ3) is 3.21. The SMILES string of the molecule is CC.C[C@@H]1CCCN[C@@H]1C. The predicted octanol–water partition coefficient (Wildman–Crippen LogP) is 2.42. The van der Waals surface area contributed by atoms with Gasteiger partial charge in [-0.1, -0.05) is 20.8 Å². The average Bonchev–Trinajstić information content (AvgIpc) is 2.00. The van der Waals surface area contributed by atoms with Crippen LogP contribution in [0, 0.1) is 5.92 Å². The van der Waals surface area contributed by atoms with Crippen LogP contribution in [0.1, 0.15) is 40.5 Å². The zero-order chi connectivity index (χ0) is 7.98. The molecule has 0 amide bonds. The van der Waals surface area contributed by atoms with Crippen LogP contribution in [0.2, 0.25) is 0 Å². The van der Waals surface area contributed by atoms with Crippen molar-refractivity contribution in [3.05, 3.63) is 0 Å². The second-order valence-electron chi connectivity index (χ2n) is 2.86. The van der Waals surface area contributed by atoms with Gasteiger partial charge in [0.05, 0.1) is 0 Å². The smallest absolute Gasteiger partial charge is 0.00643 e. The van der Waals surface area contributed by atoms with Crippen LogP contribution >= 0.6 is 0 Å². The zero-order valence-corrected chi connectivity index (χ0v) is 7.78. The molecule has 0 radical (unpaired) electrons. The Balaban J connectivity index is 0.000000371. The first-order valence-corrected chi connectivity index (χ1v) is 4.54. The lowest BCUT2D eigenvalue weighted by molar-refractivity contribution is 0.319. The van der Waals surface area contributed by atoms with E-state index in [9.17, 15) is 0 Å². The Morgan fingerprint density at radius 1 is 1.20 bits per heavy atom. The summed E-state index contributed by atoms with van der Waals surface area (Å²) in [6.45, 7) is 9.81. The lowest BCUT2D eigenvalue weighted by Crippen LogP contribution is -2.37. The van der Waals surface area contributed by atoms with Crippen molar-refractivity contribution in [2.24, 2.45) is 5.92 Å². The van der Waals surface area contributed by atoms with Gasteiger partial charge in [-0.05, 0) is 32.2 Å². The average molecular weight is 143 g/mol. The maximum absolute atomic E-state index is 3.43. The van der Waals surface area contributed by atoms with E-state index in [1.807, 2.05) is 13.8 Å². The van der Waals surface area contributed by atoms with E-state index in [4.69, 9.17) is 0 Å². The van der Waals surface area contributed by atoms with Gasteiger partial charge >= 0.3 is 0 Å². The van der Waals surface area contributed by atoms with Crippen molar-refractivity contribution in [1.29, 1.82) is 0 Å². The van der Waals surface area contributed by atoms with Crippen LogP contribution in [0.25, 0.3) is 0 Å². The minimum atomic E-state index is 0.753. The van der Waals surface area contributed by atoms with Crippen LogP contribution < -0.4 is 5.32 Å². The Hall–Kier alpha value is -0.0400. The largest absolute Gasteiger partial charge is 0.314 e. The van der Waals surface area contributed by atoms with Crippen molar-refractivity contribution < 1.29 is 0 Å². The van der Waals surface area contributed by atoms with Gasteiger partial charge in [0, 0.05) is 6.04 Å². The summed E-state index contributed by atoms with van der Waals surface area (Å²) in [5, 5.41) is 3.43. The van der Waals surface area contributed by atoms with Crippen molar-refractivity contribution in [2.75, 3.05) is 6.54 Å². The van der Waals surface area contributed by atoms with E-state index >= 15 is 0 Å². The molecule has 1 aliphatic rings. The van der Waals surface area contributed by atoms with Gasteiger partial charge in [-0.2, -0.15) is 0 Å². The second-order valence-corrected chi connectivity index (χ2v) is 2.86. The van der Waals surface area contributed by atoms with Gasteiger partial charge in [0.25, 0.3) is 0 Å². The van der Waals surface area contributed by atoms with Crippen molar-refractivity contribution in [1.82, 2.24) is 5.32 Å². The van der Waals surface area contributed by atoms with Gasteiger partial charge in [0.1, 0.15) is 0 Å². The fraction of sp³-hybridized carbons (Fsp3) is 1.00. The Labute approximate surface area is 65.2 Å². The first-order valence-electron chi connectivity index (χ1n) is 4.54. The molecule has 0 bridgehead atoms. The van der Waals surface area contributed by atoms with E-state index in [1.54, 1.807) is 0 Å². The molecule has 0 spiro atoms. The molecule has 2 atom stereocenters. The van der Waals surface area contributed by atoms with Crippen molar-refractivity contribution >= 4 is 0 Å². The van der Waals surface area contributed by atoms with Crippen molar-refractivity contribution in [2.45, 2.75) is 46.6 Å².